The summed E-state index contributed by atoms with van der Waals surface area (Å²) in [5, 5.41) is 28.4. The van der Waals surface area contributed by atoms with Crippen molar-refractivity contribution in [2.24, 2.45) is 5.92 Å². The van der Waals surface area contributed by atoms with Gasteiger partial charge in [-0.1, -0.05) is 6.07 Å². The summed E-state index contributed by atoms with van der Waals surface area (Å²) in [7, 11) is 1.50. The fourth-order valence-corrected chi connectivity index (χ4v) is 3.36. The Bertz CT molecular complexity index is 982. The average Bonchev–Trinajstić information content (AvgIpc) is 3.20. The largest absolute Gasteiger partial charge is 0.504 e. The Hall–Kier alpha value is -3.43. The monoisotopic (exact) mass is 383 g/mol. The maximum absolute atomic E-state index is 12.5. The van der Waals surface area contributed by atoms with E-state index in [1.807, 2.05) is 18.2 Å². The van der Waals surface area contributed by atoms with Gasteiger partial charge in [0.25, 0.3) is 0 Å². The van der Waals surface area contributed by atoms with Gasteiger partial charge in [0.15, 0.2) is 23.0 Å². The van der Waals surface area contributed by atoms with Gasteiger partial charge in [0.1, 0.15) is 0 Å². The highest BCUT2D eigenvalue weighted by Crippen LogP contribution is 2.26. The van der Waals surface area contributed by atoms with Crippen LogP contribution in [0, 0.1) is 5.92 Å². The van der Waals surface area contributed by atoms with Crippen molar-refractivity contribution in [1.29, 1.82) is 0 Å². The van der Waals surface area contributed by atoms with Crippen LogP contribution < -0.4 is 15.0 Å². The Kier molecular flexibility index (Phi) is 4.92. The maximum atomic E-state index is 12.5. The lowest BCUT2D eigenvalue weighted by atomic mass is 9.96. The molecule has 0 unspecified atom stereocenters. The SMILES string of the molecule is COc1ccc(CNC(=O)C2CCN(c3ccc4nnnn4n3)CC2)cc1O. The predicted octanol–water partition coefficient (Wildman–Crippen LogP) is 0.766. The molecule has 4 rings (SSSR count). The number of hydrogen-bond donors (Lipinski definition) is 2. The molecule has 1 saturated heterocycles. The molecule has 10 nitrogen and oxygen atoms in total. The number of aromatic hydroxyl groups is 1. The third-order valence-corrected chi connectivity index (χ3v) is 4.96. The van der Waals surface area contributed by atoms with Crippen molar-refractivity contribution < 1.29 is 14.6 Å². The van der Waals surface area contributed by atoms with E-state index in [0.29, 0.717) is 17.9 Å². The quantitative estimate of drug-likeness (QED) is 0.663. The summed E-state index contributed by atoms with van der Waals surface area (Å²) < 4.78 is 6.43. The van der Waals surface area contributed by atoms with Crippen molar-refractivity contribution in [3.8, 4) is 11.5 Å². The topological polar surface area (TPSA) is 118 Å². The first-order valence-electron chi connectivity index (χ1n) is 9.08. The number of nitrogens with one attached hydrogen (secondary N) is 1. The molecule has 1 aliphatic heterocycles. The van der Waals surface area contributed by atoms with Crippen molar-refractivity contribution in [3.05, 3.63) is 35.9 Å². The molecule has 1 fully saturated rings. The van der Waals surface area contributed by atoms with Crippen LogP contribution in [-0.2, 0) is 11.3 Å². The first-order valence-corrected chi connectivity index (χ1v) is 9.08. The average molecular weight is 383 g/mol. The minimum atomic E-state index is -0.0418. The van der Waals surface area contributed by atoms with Crippen molar-refractivity contribution in [2.45, 2.75) is 19.4 Å². The number of phenolic OH excluding ortho intramolecular Hbond substituents is 1. The summed E-state index contributed by atoms with van der Waals surface area (Å²) in [6, 6.07) is 8.82. The van der Waals surface area contributed by atoms with Crippen LogP contribution in [0.1, 0.15) is 18.4 Å². The Morgan fingerprint density at radius 3 is 2.86 bits per heavy atom. The molecule has 1 aliphatic rings. The Morgan fingerprint density at radius 1 is 1.29 bits per heavy atom. The second kappa shape index (κ2) is 7.67. The van der Waals surface area contributed by atoms with E-state index in [-0.39, 0.29) is 17.6 Å². The van der Waals surface area contributed by atoms with Gasteiger partial charge in [-0.15, -0.1) is 14.8 Å². The number of piperidine rings is 1. The van der Waals surface area contributed by atoms with Gasteiger partial charge in [-0.25, -0.2) is 0 Å². The first-order chi connectivity index (χ1) is 13.6. The molecule has 1 amide bonds. The molecule has 0 bridgehead atoms. The molecule has 3 aromatic rings. The standard InChI is InChI=1S/C18H21N7O3/c1-28-15-3-2-12(10-14(15)26)11-19-18(27)13-6-8-24(9-7-13)17-5-4-16-20-22-23-25(16)21-17/h2-5,10,13,26H,6-9,11H2,1H3,(H,19,27). The molecule has 0 saturated carbocycles. The molecular weight excluding hydrogens is 362 g/mol. The van der Waals surface area contributed by atoms with E-state index in [2.05, 4.69) is 30.8 Å². The van der Waals surface area contributed by atoms with Gasteiger partial charge in [-0.2, -0.15) is 0 Å². The number of carbonyl (C=O) groups is 1. The van der Waals surface area contributed by atoms with Crippen LogP contribution >= 0.6 is 0 Å². The molecule has 28 heavy (non-hydrogen) atoms. The van der Waals surface area contributed by atoms with Crippen LogP contribution in [0.2, 0.25) is 0 Å². The minimum Gasteiger partial charge on any atom is -0.504 e. The summed E-state index contributed by atoms with van der Waals surface area (Å²) >= 11 is 0. The molecule has 0 radical (unpaired) electrons. The number of tetrazole rings is 1. The third kappa shape index (κ3) is 3.66. The molecule has 0 aliphatic carbocycles. The van der Waals surface area contributed by atoms with Gasteiger partial charge in [0.05, 0.1) is 7.11 Å². The van der Waals surface area contributed by atoms with Crippen LogP contribution in [0.5, 0.6) is 11.5 Å². The fourth-order valence-electron chi connectivity index (χ4n) is 3.36. The van der Waals surface area contributed by atoms with Crippen LogP contribution in [0.3, 0.4) is 0 Å². The molecule has 3 heterocycles. The highest BCUT2D eigenvalue weighted by molar-refractivity contribution is 5.79. The van der Waals surface area contributed by atoms with E-state index < -0.39 is 0 Å². The van der Waals surface area contributed by atoms with Gasteiger partial charge in [0.2, 0.25) is 5.91 Å². The van der Waals surface area contributed by atoms with E-state index in [9.17, 15) is 9.90 Å². The summed E-state index contributed by atoms with van der Waals surface area (Å²) in [6.07, 6.45) is 1.49. The number of amides is 1. The van der Waals surface area contributed by atoms with E-state index in [1.54, 1.807) is 12.1 Å². The number of aromatic nitrogens is 5. The molecule has 2 N–H and O–H groups in total. The van der Waals surface area contributed by atoms with Crippen molar-refractivity contribution in [2.75, 3.05) is 25.1 Å². The summed E-state index contributed by atoms with van der Waals surface area (Å²) in [5.74, 6) is 1.26. The van der Waals surface area contributed by atoms with E-state index >= 15 is 0 Å². The lowest BCUT2D eigenvalue weighted by Gasteiger charge is -2.31. The number of ether oxygens (including phenoxy) is 1. The number of anilines is 1. The van der Waals surface area contributed by atoms with Gasteiger partial charge in [-0.05, 0) is 53.1 Å². The van der Waals surface area contributed by atoms with E-state index in [0.717, 1.165) is 37.3 Å². The normalized spacial score (nSPS) is 15.0. The second-order valence-electron chi connectivity index (χ2n) is 6.70. The fraction of sp³-hybridized carbons (Fsp3) is 0.389. The zero-order chi connectivity index (χ0) is 19.5. The van der Waals surface area contributed by atoms with Crippen molar-refractivity contribution in [3.63, 3.8) is 0 Å². The maximum Gasteiger partial charge on any atom is 0.223 e. The van der Waals surface area contributed by atoms with Crippen LogP contribution in [0.25, 0.3) is 5.65 Å². The van der Waals surface area contributed by atoms with Crippen molar-refractivity contribution in [1.82, 2.24) is 30.6 Å². The van der Waals surface area contributed by atoms with Crippen LogP contribution in [0.15, 0.2) is 30.3 Å². The van der Waals surface area contributed by atoms with Gasteiger partial charge < -0.3 is 20.1 Å². The molecular formula is C18H21N7O3. The number of carbonyl (C=O) groups excluding carboxylic acids is 1. The number of phenols is 1. The number of hydrogen-bond acceptors (Lipinski definition) is 8. The van der Waals surface area contributed by atoms with Gasteiger partial charge in [-0.3, -0.25) is 4.79 Å². The smallest absolute Gasteiger partial charge is 0.223 e. The number of rotatable bonds is 5. The minimum absolute atomic E-state index is 0.0267. The molecule has 10 heteroatoms. The predicted molar refractivity (Wildman–Crippen MR) is 100 cm³/mol. The molecule has 2 aromatic heterocycles. The molecule has 146 valence electrons. The zero-order valence-corrected chi connectivity index (χ0v) is 15.4. The summed E-state index contributed by atoms with van der Waals surface area (Å²) in [5.41, 5.74) is 1.42. The molecule has 0 atom stereocenters. The third-order valence-electron chi connectivity index (χ3n) is 4.96. The molecule has 1 aromatic carbocycles. The number of methoxy groups -OCH3 is 1. The Morgan fingerprint density at radius 2 is 2.11 bits per heavy atom. The van der Waals surface area contributed by atoms with Crippen LogP contribution in [-0.4, -0.2) is 56.5 Å². The van der Waals surface area contributed by atoms with Gasteiger partial charge in [0, 0.05) is 25.6 Å². The summed E-state index contributed by atoms with van der Waals surface area (Å²) in [4.78, 5) is 14.6. The number of fused-ring (bicyclic) bond motifs is 1. The highest BCUT2D eigenvalue weighted by Gasteiger charge is 2.25. The Labute approximate surface area is 161 Å². The number of nitrogens with zero attached hydrogens (tertiary/aromatic N) is 6. The van der Waals surface area contributed by atoms with Crippen LogP contribution in [0.4, 0.5) is 5.82 Å². The lowest BCUT2D eigenvalue weighted by Crippen LogP contribution is -2.40. The lowest BCUT2D eigenvalue weighted by molar-refractivity contribution is -0.125. The first kappa shape index (κ1) is 18.0. The van der Waals surface area contributed by atoms with E-state index in [1.165, 1.54) is 11.7 Å². The Balaban J connectivity index is 1.30. The number of benzene rings is 1. The highest BCUT2D eigenvalue weighted by atomic mass is 16.5. The van der Waals surface area contributed by atoms with E-state index in [4.69, 9.17) is 4.74 Å². The van der Waals surface area contributed by atoms with Gasteiger partial charge >= 0.3 is 0 Å². The summed E-state index contributed by atoms with van der Waals surface area (Å²) in [6.45, 7) is 1.85. The molecule has 0 spiro atoms. The second-order valence-corrected chi connectivity index (χ2v) is 6.70. The zero-order valence-electron chi connectivity index (χ0n) is 15.4. The van der Waals surface area contributed by atoms with Crippen molar-refractivity contribution >= 4 is 17.4 Å².